The van der Waals surface area contributed by atoms with Gasteiger partial charge in [-0.25, -0.2) is 0 Å². The molecule has 3 rings (SSSR count). The predicted molar refractivity (Wildman–Crippen MR) is 80.4 cm³/mol. The quantitative estimate of drug-likeness (QED) is 0.665. The van der Waals surface area contributed by atoms with Crippen LogP contribution in [0.2, 0.25) is 0 Å². The van der Waals surface area contributed by atoms with Crippen molar-refractivity contribution in [3.63, 3.8) is 0 Å². The van der Waals surface area contributed by atoms with Gasteiger partial charge >= 0.3 is 0 Å². The summed E-state index contributed by atoms with van der Waals surface area (Å²) in [6, 6.07) is 6.35. The van der Waals surface area contributed by atoms with E-state index in [2.05, 4.69) is 49.6 Å². The molecule has 0 aliphatic carbocycles. The number of benzene rings is 1. The summed E-state index contributed by atoms with van der Waals surface area (Å²) in [6.07, 6.45) is 0. The SMILES string of the molecule is CNC1=[N+](C)CCn2c1cc1c(Br)c(OC)ccc12.[Cl-]. The minimum Gasteiger partial charge on any atom is -1.00 e. The number of hydrogen-bond acceptors (Lipinski definition) is 2. The zero-order valence-corrected chi connectivity index (χ0v) is 14.0. The number of fused-ring (bicyclic) bond motifs is 3. The van der Waals surface area contributed by atoms with Gasteiger partial charge in [0.15, 0.2) is 0 Å². The Hall–Kier alpha value is -1.20. The van der Waals surface area contributed by atoms with Gasteiger partial charge in [0.1, 0.15) is 18.0 Å². The number of rotatable bonds is 1. The van der Waals surface area contributed by atoms with E-state index in [0.717, 1.165) is 29.1 Å². The third-order valence-electron chi connectivity index (χ3n) is 3.72. The average molecular weight is 359 g/mol. The maximum Gasteiger partial charge on any atom is 0.293 e. The molecule has 1 N–H and O–H groups in total. The number of nitrogens with zero attached hydrogens (tertiary/aromatic N) is 2. The Labute approximate surface area is 133 Å². The summed E-state index contributed by atoms with van der Waals surface area (Å²) in [5.41, 5.74) is 2.46. The molecule has 0 saturated carbocycles. The van der Waals surface area contributed by atoms with Gasteiger partial charge in [-0.05, 0) is 34.1 Å². The van der Waals surface area contributed by atoms with Crippen molar-refractivity contribution in [2.75, 3.05) is 27.7 Å². The maximum absolute atomic E-state index is 5.37. The molecule has 1 aromatic heterocycles. The van der Waals surface area contributed by atoms with Crippen LogP contribution in [-0.2, 0) is 6.54 Å². The third-order valence-corrected chi connectivity index (χ3v) is 4.54. The van der Waals surface area contributed by atoms with E-state index < -0.39 is 0 Å². The normalized spacial score (nSPS) is 14.0. The van der Waals surface area contributed by atoms with Crippen LogP contribution in [0, 0.1) is 0 Å². The van der Waals surface area contributed by atoms with E-state index in [9.17, 15) is 0 Å². The molecule has 2 aromatic rings. The Morgan fingerprint density at radius 2 is 2.15 bits per heavy atom. The molecule has 0 saturated heterocycles. The Morgan fingerprint density at radius 3 is 2.80 bits per heavy atom. The zero-order chi connectivity index (χ0) is 13.6. The minimum atomic E-state index is 0. The molecule has 2 heterocycles. The van der Waals surface area contributed by atoms with Gasteiger partial charge in [-0.3, -0.25) is 9.89 Å². The molecule has 0 bridgehead atoms. The highest BCUT2D eigenvalue weighted by Crippen LogP contribution is 2.35. The van der Waals surface area contributed by atoms with Crippen LogP contribution >= 0.6 is 15.9 Å². The fraction of sp³-hybridized carbons (Fsp3) is 0.357. The monoisotopic (exact) mass is 357 g/mol. The first-order valence-corrected chi connectivity index (χ1v) is 7.08. The molecule has 0 fully saturated rings. The lowest BCUT2D eigenvalue weighted by Crippen LogP contribution is -3.00. The summed E-state index contributed by atoms with van der Waals surface area (Å²) in [7, 11) is 5.78. The van der Waals surface area contributed by atoms with Crippen molar-refractivity contribution in [2.24, 2.45) is 0 Å². The fourth-order valence-electron chi connectivity index (χ4n) is 2.75. The Morgan fingerprint density at radius 1 is 1.40 bits per heavy atom. The van der Waals surface area contributed by atoms with Gasteiger partial charge in [-0.15, -0.1) is 0 Å². The molecule has 0 atom stereocenters. The standard InChI is InChI=1S/C14H16BrN3O.ClH/c1-16-14-11-8-9-10(18(11)7-6-17(14)2)4-5-12(19-3)13(9)15;/h4-5,8H,6-7H2,1-3H3;1H. The van der Waals surface area contributed by atoms with Crippen LogP contribution in [0.1, 0.15) is 5.69 Å². The second kappa shape index (κ2) is 5.66. The van der Waals surface area contributed by atoms with Crippen LogP contribution in [0.4, 0.5) is 0 Å². The number of amidine groups is 1. The summed E-state index contributed by atoms with van der Waals surface area (Å²) in [6.45, 7) is 2.01. The smallest absolute Gasteiger partial charge is 0.293 e. The molecule has 1 aromatic carbocycles. The van der Waals surface area contributed by atoms with Gasteiger partial charge in [-0.2, -0.15) is 0 Å². The number of nitrogens with one attached hydrogen (secondary N) is 1. The highest BCUT2D eigenvalue weighted by molar-refractivity contribution is 9.10. The van der Waals surface area contributed by atoms with Crippen molar-refractivity contribution in [1.82, 2.24) is 9.88 Å². The zero-order valence-electron chi connectivity index (χ0n) is 11.7. The highest BCUT2D eigenvalue weighted by atomic mass is 79.9. The van der Waals surface area contributed by atoms with Gasteiger partial charge in [0.2, 0.25) is 0 Å². The molecule has 1 aliphatic heterocycles. The van der Waals surface area contributed by atoms with E-state index in [1.807, 2.05) is 13.1 Å². The first kappa shape index (κ1) is 15.2. The van der Waals surface area contributed by atoms with Gasteiger partial charge in [0, 0.05) is 5.39 Å². The summed E-state index contributed by atoms with van der Waals surface area (Å²) < 4.78 is 11.0. The van der Waals surface area contributed by atoms with E-state index in [1.54, 1.807) is 7.11 Å². The minimum absolute atomic E-state index is 0. The number of halogens is 2. The second-order valence-corrected chi connectivity index (χ2v) is 5.51. The van der Waals surface area contributed by atoms with Crippen LogP contribution in [0.15, 0.2) is 22.7 Å². The topological polar surface area (TPSA) is 29.2 Å². The lowest BCUT2D eigenvalue weighted by molar-refractivity contribution is -0.503. The van der Waals surface area contributed by atoms with Crippen molar-refractivity contribution in [3.05, 3.63) is 28.4 Å². The number of aromatic nitrogens is 1. The van der Waals surface area contributed by atoms with E-state index in [4.69, 9.17) is 4.74 Å². The van der Waals surface area contributed by atoms with Gasteiger partial charge < -0.3 is 21.7 Å². The van der Waals surface area contributed by atoms with Crippen LogP contribution in [0.3, 0.4) is 0 Å². The Kier molecular flexibility index (Phi) is 4.30. The Balaban J connectivity index is 0.00000147. The first-order valence-electron chi connectivity index (χ1n) is 6.29. The average Bonchev–Trinajstić information content (AvgIpc) is 2.79. The number of likely N-dealkylation sites (N-methyl/N-ethyl adjacent to an activating group) is 1. The molecule has 108 valence electrons. The van der Waals surface area contributed by atoms with E-state index in [1.165, 1.54) is 16.6 Å². The van der Waals surface area contributed by atoms with Crippen LogP contribution in [0.25, 0.3) is 10.9 Å². The molecule has 0 unspecified atom stereocenters. The lowest BCUT2D eigenvalue weighted by atomic mass is 10.2. The van der Waals surface area contributed by atoms with E-state index in [0.29, 0.717) is 0 Å². The molecule has 0 spiro atoms. The third kappa shape index (κ3) is 2.09. The number of methoxy groups -OCH3 is 1. The number of ether oxygens (including phenoxy) is 1. The summed E-state index contributed by atoms with van der Waals surface area (Å²) in [5, 5.41) is 4.49. The van der Waals surface area contributed by atoms with Crippen molar-refractivity contribution in [2.45, 2.75) is 6.54 Å². The van der Waals surface area contributed by atoms with Gasteiger partial charge in [0.05, 0.1) is 37.7 Å². The van der Waals surface area contributed by atoms with Crippen LogP contribution in [0.5, 0.6) is 5.75 Å². The van der Waals surface area contributed by atoms with Crippen molar-refractivity contribution in [3.8, 4) is 5.75 Å². The van der Waals surface area contributed by atoms with Gasteiger partial charge in [0.25, 0.3) is 5.84 Å². The second-order valence-electron chi connectivity index (χ2n) is 4.72. The van der Waals surface area contributed by atoms with E-state index in [-0.39, 0.29) is 12.4 Å². The predicted octanol–water partition coefficient (Wildman–Crippen LogP) is -0.962. The number of hydrogen-bond donors (Lipinski definition) is 1. The maximum atomic E-state index is 5.37. The molecule has 0 radical (unpaired) electrons. The molecule has 20 heavy (non-hydrogen) atoms. The summed E-state index contributed by atoms with van der Waals surface area (Å²) >= 11 is 3.64. The van der Waals surface area contributed by atoms with Crippen LogP contribution < -0.4 is 22.5 Å². The molecular weight excluding hydrogens is 342 g/mol. The molecule has 1 aliphatic rings. The van der Waals surface area contributed by atoms with Crippen molar-refractivity contribution >= 4 is 32.7 Å². The highest BCUT2D eigenvalue weighted by Gasteiger charge is 2.25. The molecule has 4 nitrogen and oxygen atoms in total. The fourth-order valence-corrected chi connectivity index (χ4v) is 3.36. The van der Waals surface area contributed by atoms with E-state index >= 15 is 0 Å². The lowest BCUT2D eigenvalue weighted by Gasteiger charge is -2.17. The van der Waals surface area contributed by atoms with Crippen LogP contribution in [-0.4, -0.2) is 42.7 Å². The van der Waals surface area contributed by atoms with Gasteiger partial charge in [-0.1, -0.05) is 0 Å². The Bertz CT molecular complexity index is 693. The first-order chi connectivity index (χ1) is 9.17. The van der Waals surface area contributed by atoms with Crippen molar-refractivity contribution in [1.29, 1.82) is 0 Å². The summed E-state index contributed by atoms with van der Waals surface area (Å²) in [4.78, 5) is 0. The van der Waals surface area contributed by atoms with Crippen molar-refractivity contribution < 1.29 is 21.7 Å². The largest absolute Gasteiger partial charge is 1.00 e. The molecule has 6 heteroatoms. The molecule has 0 amide bonds. The molecular formula is C14H17BrClN3O. The summed E-state index contributed by atoms with van der Waals surface area (Å²) in [5.74, 6) is 2.03.